The number of anilines is 1. The standard InChI is InChI=1S/C26H20N2O5S/c1-31-22-9-5-4-8-20(22)28-26(30)18-13-25(27-19-7-3-2-6-17(18)19)34-14-21(29)16-10-11-23-24(12-16)33-15-32-23/h2-13H,14-15H2,1H3,(H,28,30). The molecule has 1 amide bonds. The first-order valence-corrected chi connectivity index (χ1v) is 11.5. The van der Waals surface area contributed by atoms with Gasteiger partial charge in [-0.05, 0) is 42.5 Å². The summed E-state index contributed by atoms with van der Waals surface area (Å²) in [4.78, 5) is 30.6. The van der Waals surface area contributed by atoms with Crippen molar-refractivity contribution in [2.24, 2.45) is 0 Å². The quantitative estimate of drug-likeness (QED) is 0.292. The van der Waals surface area contributed by atoms with Crippen molar-refractivity contribution in [3.8, 4) is 17.2 Å². The van der Waals surface area contributed by atoms with Crippen LogP contribution in [-0.2, 0) is 0 Å². The van der Waals surface area contributed by atoms with Crippen molar-refractivity contribution in [1.29, 1.82) is 0 Å². The van der Waals surface area contributed by atoms with Crippen LogP contribution < -0.4 is 19.5 Å². The third kappa shape index (κ3) is 4.40. The molecule has 0 spiro atoms. The van der Waals surface area contributed by atoms with E-state index < -0.39 is 0 Å². The Morgan fingerprint density at radius 3 is 2.68 bits per heavy atom. The fraction of sp³-hybridized carbons (Fsp3) is 0.115. The minimum absolute atomic E-state index is 0.0710. The molecule has 1 N–H and O–H groups in total. The number of carbonyl (C=O) groups excluding carboxylic acids is 2. The Hall–Kier alpha value is -4.04. The number of ether oxygens (including phenoxy) is 3. The molecule has 0 atom stereocenters. The van der Waals surface area contributed by atoms with E-state index in [-0.39, 0.29) is 24.2 Å². The van der Waals surface area contributed by atoms with Crippen LogP contribution in [0.2, 0.25) is 0 Å². The fourth-order valence-electron chi connectivity index (χ4n) is 3.64. The van der Waals surface area contributed by atoms with Crippen LogP contribution in [0.15, 0.2) is 77.8 Å². The van der Waals surface area contributed by atoms with Crippen LogP contribution in [0.4, 0.5) is 5.69 Å². The summed E-state index contributed by atoms with van der Waals surface area (Å²) in [6, 6.07) is 21.5. The Morgan fingerprint density at radius 1 is 1.00 bits per heavy atom. The molecule has 1 aliphatic rings. The van der Waals surface area contributed by atoms with E-state index >= 15 is 0 Å². The average Bonchev–Trinajstić information content (AvgIpc) is 3.35. The van der Waals surface area contributed by atoms with Crippen molar-refractivity contribution in [3.05, 3.63) is 83.9 Å². The van der Waals surface area contributed by atoms with Crippen LogP contribution >= 0.6 is 11.8 Å². The summed E-state index contributed by atoms with van der Waals surface area (Å²) in [5.41, 5.74) is 2.25. The van der Waals surface area contributed by atoms with Crippen LogP contribution in [0.5, 0.6) is 17.2 Å². The van der Waals surface area contributed by atoms with Crippen molar-refractivity contribution in [2.75, 3.05) is 25.0 Å². The Kier molecular flexibility index (Phi) is 6.05. The van der Waals surface area contributed by atoms with Gasteiger partial charge in [0.1, 0.15) is 5.75 Å². The van der Waals surface area contributed by atoms with Gasteiger partial charge in [-0.3, -0.25) is 9.59 Å². The molecule has 0 aliphatic carbocycles. The minimum atomic E-state index is -0.285. The second kappa shape index (κ2) is 9.44. The van der Waals surface area contributed by atoms with Crippen LogP contribution in [-0.4, -0.2) is 36.3 Å². The van der Waals surface area contributed by atoms with Crippen molar-refractivity contribution < 1.29 is 23.8 Å². The van der Waals surface area contributed by atoms with Crippen molar-refractivity contribution in [1.82, 2.24) is 4.98 Å². The maximum atomic E-state index is 13.2. The summed E-state index contributed by atoms with van der Waals surface area (Å²) < 4.78 is 16.0. The predicted molar refractivity (Wildman–Crippen MR) is 130 cm³/mol. The number of carbonyl (C=O) groups is 2. The van der Waals surface area contributed by atoms with E-state index in [1.54, 1.807) is 43.5 Å². The first-order valence-electron chi connectivity index (χ1n) is 10.5. The van der Waals surface area contributed by atoms with E-state index in [9.17, 15) is 9.59 Å². The maximum Gasteiger partial charge on any atom is 0.256 e. The second-order valence-electron chi connectivity index (χ2n) is 7.46. The number of methoxy groups -OCH3 is 1. The molecule has 0 unspecified atom stereocenters. The highest BCUT2D eigenvalue weighted by molar-refractivity contribution is 7.99. The number of Topliss-reactive ketones (excluding diaryl/α,β-unsaturated/α-hetero) is 1. The highest BCUT2D eigenvalue weighted by Gasteiger charge is 2.18. The number of pyridine rings is 1. The molecule has 7 nitrogen and oxygen atoms in total. The Balaban J connectivity index is 1.39. The lowest BCUT2D eigenvalue weighted by Gasteiger charge is -2.12. The molecule has 4 aromatic rings. The van der Waals surface area contributed by atoms with Crippen LogP contribution in [0.3, 0.4) is 0 Å². The number of amides is 1. The molecule has 1 aromatic heterocycles. The summed E-state index contributed by atoms with van der Waals surface area (Å²) >= 11 is 1.28. The molecule has 8 heteroatoms. The summed E-state index contributed by atoms with van der Waals surface area (Å²) in [5.74, 6) is 1.57. The molecule has 3 aromatic carbocycles. The topological polar surface area (TPSA) is 86.8 Å². The number of thioether (sulfide) groups is 1. The SMILES string of the molecule is COc1ccccc1NC(=O)c1cc(SCC(=O)c2ccc3c(c2)OCO3)nc2ccccc12. The van der Waals surface area contributed by atoms with E-state index in [4.69, 9.17) is 14.2 Å². The molecule has 2 heterocycles. The predicted octanol–water partition coefficient (Wildman–Crippen LogP) is 5.20. The van der Waals surface area contributed by atoms with Crippen LogP contribution in [0.1, 0.15) is 20.7 Å². The lowest BCUT2D eigenvalue weighted by molar-refractivity contribution is 0.101. The number of rotatable bonds is 7. The molecular weight excluding hydrogens is 452 g/mol. The highest BCUT2D eigenvalue weighted by atomic mass is 32.2. The van der Waals surface area contributed by atoms with Gasteiger partial charge >= 0.3 is 0 Å². The zero-order valence-electron chi connectivity index (χ0n) is 18.2. The van der Waals surface area contributed by atoms with Crippen molar-refractivity contribution in [2.45, 2.75) is 5.03 Å². The molecule has 1 aliphatic heterocycles. The van der Waals surface area contributed by atoms with E-state index in [0.717, 1.165) is 5.39 Å². The molecule has 5 rings (SSSR count). The smallest absolute Gasteiger partial charge is 0.256 e. The molecule has 0 fully saturated rings. The molecule has 0 bridgehead atoms. The van der Waals surface area contributed by atoms with Crippen molar-refractivity contribution in [3.63, 3.8) is 0 Å². The normalized spacial score (nSPS) is 11.9. The van der Waals surface area contributed by atoms with E-state index in [0.29, 0.717) is 44.6 Å². The van der Waals surface area contributed by atoms with Gasteiger partial charge in [-0.2, -0.15) is 0 Å². The van der Waals surface area contributed by atoms with Gasteiger partial charge in [-0.15, -0.1) is 0 Å². The average molecular weight is 473 g/mol. The Morgan fingerprint density at radius 2 is 1.79 bits per heavy atom. The van der Waals surface area contributed by atoms with Gasteiger partial charge in [0.05, 0.1) is 34.7 Å². The highest BCUT2D eigenvalue weighted by Crippen LogP contribution is 2.33. The number of benzene rings is 3. The molecule has 0 radical (unpaired) electrons. The number of nitrogens with zero attached hydrogens (tertiary/aromatic N) is 1. The fourth-order valence-corrected chi connectivity index (χ4v) is 4.45. The van der Waals surface area contributed by atoms with Crippen LogP contribution in [0, 0.1) is 0 Å². The maximum absolute atomic E-state index is 13.2. The first-order chi connectivity index (χ1) is 16.6. The lowest BCUT2D eigenvalue weighted by atomic mass is 10.1. The van der Waals surface area contributed by atoms with Gasteiger partial charge < -0.3 is 19.5 Å². The molecule has 0 saturated carbocycles. The third-order valence-electron chi connectivity index (χ3n) is 5.34. The molecule has 170 valence electrons. The summed E-state index contributed by atoms with van der Waals surface area (Å²) in [6.07, 6.45) is 0. The number of aromatic nitrogens is 1. The lowest BCUT2D eigenvalue weighted by Crippen LogP contribution is -2.14. The number of hydrogen-bond acceptors (Lipinski definition) is 7. The number of para-hydroxylation sites is 3. The largest absolute Gasteiger partial charge is 0.495 e. The molecular formula is C26H20N2O5S. The summed E-state index contributed by atoms with van der Waals surface area (Å²) in [7, 11) is 1.55. The van der Waals surface area contributed by atoms with Crippen LogP contribution in [0.25, 0.3) is 10.9 Å². The van der Waals surface area contributed by atoms with Gasteiger partial charge in [0.2, 0.25) is 6.79 Å². The van der Waals surface area contributed by atoms with Gasteiger partial charge in [-0.1, -0.05) is 42.1 Å². The minimum Gasteiger partial charge on any atom is -0.495 e. The Labute approximate surface area is 200 Å². The zero-order valence-corrected chi connectivity index (χ0v) is 19.1. The summed E-state index contributed by atoms with van der Waals surface area (Å²) in [5, 5.41) is 4.22. The number of ketones is 1. The molecule has 0 saturated heterocycles. The van der Waals surface area contributed by atoms with Gasteiger partial charge in [0, 0.05) is 10.9 Å². The van der Waals surface area contributed by atoms with Gasteiger partial charge in [0.25, 0.3) is 5.91 Å². The Bertz CT molecular complexity index is 1410. The van der Waals surface area contributed by atoms with Gasteiger partial charge in [-0.25, -0.2) is 4.98 Å². The van der Waals surface area contributed by atoms with E-state index in [2.05, 4.69) is 10.3 Å². The van der Waals surface area contributed by atoms with Gasteiger partial charge in [0.15, 0.2) is 17.3 Å². The van der Waals surface area contributed by atoms with E-state index in [1.807, 2.05) is 36.4 Å². The summed E-state index contributed by atoms with van der Waals surface area (Å²) in [6.45, 7) is 0.155. The first kappa shape index (κ1) is 21.8. The van der Waals surface area contributed by atoms with E-state index in [1.165, 1.54) is 11.8 Å². The monoisotopic (exact) mass is 472 g/mol. The third-order valence-corrected chi connectivity index (χ3v) is 6.25. The number of nitrogens with one attached hydrogen (secondary N) is 1. The number of fused-ring (bicyclic) bond motifs is 2. The molecule has 34 heavy (non-hydrogen) atoms. The van der Waals surface area contributed by atoms with Crippen molar-refractivity contribution >= 4 is 40.0 Å². The zero-order chi connectivity index (χ0) is 23.5. The second-order valence-corrected chi connectivity index (χ2v) is 8.46. The number of hydrogen-bond donors (Lipinski definition) is 1.